The summed E-state index contributed by atoms with van der Waals surface area (Å²) in [5.41, 5.74) is 1.71. The Hall–Kier alpha value is -2.99. The van der Waals surface area contributed by atoms with E-state index < -0.39 is 12.0 Å². The normalized spacial score (nSPS) is 11.8. The van der Waals surface area contributed by atoms with Gasteiger partial charge in [0.05, 0.1) is 26.7 Å². The number of methoxy groups -OCH3 is 2. The average Bonchev–Trinajstić information content (AvgIpc) is 3.09. The van der Waals surface area contributed by atoms with Crippen LogP contribution in [0.25, 0.3) is 10.9 Å². The molecule has 0 bridgehead atoms. The largest absolute Gasteiger partial charge is 0.497 e. The third kappa shape index (κ3) is 4.64. The van der Waals surface area contributed by atoms with E-state index in [4.69, 9.17) is 21.1 Å². The summed E-state index contributed by atoms with van der Waals surface area (Å²) >= 11 is 5.94. The van der Waals surface area contributed by atoms with Gasteiger partial charge in [-0.05, 0) is 42.0 Å². The molecule has 0 fully saturated rings. The minimum absolute atomic E-state index is 0.0352. The lowest BCUT2D eigenvalue weighted by atomic mass is 10.0. The second-order valence-corrected chi connectivity index (χ2v) is 6.76. The van der Waals surface area contributed by atoms with Gasteiger partial charge in [0.2, 0.25) is 5.91 Å². The Morgan fingerprint density at radius 2 is 1.86 bits per heavy atom. The maximum absolute atomic E-state index is 12.7. The van der Waals surface area contributed by atoms with Gasteiger partial charge in [0, 0.05) is 22.1 Å². The van der Waals surface area contributed by atoms with E-state index in [-0.39, 0.29) is 18.9 Å². The molecule has 0 aliphatic heterocycles. The van der Waals surface area contributed by atoms with Crippen molar-refractivity contribution in [3.63, 3.8) is 0 Å². The molecule has 0 saturated carbocycles. The average molecular weight is 401 g/mol. The van der Waals surface area contributed by atoms with Gasteiger partial charge in [-0.25, -0.2) is 0 Å². The number of fused-ring (bicyclic) bond motifs is 1. The van der Waals surface area contributed by atoms with E-state index in [2.05, 4.69) is 5.32 Å². The first-order valence-corrected chi connectivity index (χ1v) is 9.12. The molecule has 0 aliphatic carbocycles. The third-order valence-electron chi connectivity index (χ3n) is 4.50. The number of benzene rings is 2. The number of aromatic nitrogens is 1. The Labute approximate surface area is 168 Å². The van der Waals surface area contributed by atoms with Gasteiger partial charge in [0.25, 0.3) is 0 Å². The van der Waals surface area contributed by atoms with Crippen molar-refractivity contribution >= 4 is 34.4 Å². The van der Waals surface area contributed by atoms with Crippen LogP contribution in [0.15, 0.2) is 54.7 Å². The van der Waals surface area contributed by atoms with Crippen molar-refractivity contribution in [2.75, 3.05) is 14.2 Å². The van der Waals surface area contributed by atoms with Gasteiger partial charge >= 0.3 is 5.97 Å². The SMILES string of the molecule is COC(=O)CC(NC(=O)Cn1ccc2cc(OC)ccc21)c1ccc(Cl)cc1. The molecular formula is C21H21ClN2O4. The lowest BCUT2D eigenvalue weighted by molar-refractivity contribution is -0.141. The van der Waals surface area contributed by atoms with Crippen molar-refractivity contribution in [1.82, 2.24) is 9.88 Å². The summed E-state index contributed by atoms with van der Waals surface area (Å²) in [4.78, 5) is 24.4. The number of nitrogens with one attached hydrogen (secondary N) is 1. The third-order valence-corrected chi connectivity index (χ3v) is 4.75. The fraction of sp³-hybridized carbons (Fsp3) is 0.238. The number of carbonyl (C=O) groups excluding carboxylic acids is 2. The highest BCUT2D eigenvalue weighted by Gasteiger charge is 2.19. The first kappa shape index (κ1) is 19.8. The summed E-state index contributed by atoms with van der Waals surface area (Å²) in [6.45, 7) is 0.126. The molecular weight excluding hydrogens is 380 g/mol. The number of esters is 1. The van der Waals surface area contributed by atoms with Crippen molar-refractivity contribution in [2.45, 2.75) is 19.0 Å². The highest BCUT2D eigenvalue weighted by Crippen LogP contribution is 2.23. The molecule has 7 heteroatoms. The first-order valence-electron chi connectivity index (χ1n) is 8.74. The Balaban J connectivity index is 1.76. The molecule has 1 aromatic heterocycles. The van der Waals surface area contributed by atoms with E-state index in [9.17, 15) is 9.59 Å². The number of halogens is 1. The molecule has 6 nitrogen and oxygen atoms in total. The molecule has 1 amide bonds. The van der Waals surface area contributed by atoms with Gasteiger partial charge in [-0.2, -0.15) is 0 Å². The van der Waals surface area contributed by atoms with Crippen molar-refractivity contribution in [3.8, 4) is 5.75 Å². The molecule has 28 heavy (non-hydrogen) atoms. The standard InChI is InChI=1S/C21H21ClN2O4/c1-27-17-7-8-19-15(11-17)9-10-24(19)13-20(25)23-18(12-21(26)28-2)14-3-5-16(22)6-4-14/h3-11,18H,12-13H2,1-2H3,(H,23,25). The summed E-state index contributed by atoms with van der Waals surface area (Å²) < 4.78 is 11.8. The molecule has 1 atom stereocenters. The number of carbonyl (C=O) groups is 2. The van der Waals surface area contributed by atoms with Crippen LogP contribution in [0.5, 0.6) is 5.75 Å². The van der Waals surface area contributed by atoms with Gasteiger partial charge in [-0.15, -0.1) is 0 Å². The zero-order valence-corrected chi connectivity index (χ0v) is 16.4. The molecule has 0 spiro atoms. The quantitative estimate of drug-likeness (QED) is 0.613. The Kier molecular flexibility index (Phi) is 6.21. The Bertz CT molecular complexity index is 982. The maximum atomic E-state index is 12.7. The Morgan fingerprint density at radius 1 is 1.11 bits per heavy atom. The smallest absolute Gasteiger partial charge is 0.307 e. The summed E-state index contributed by atoms with van der Waals surface area (Å²) in [5.74, 6) is 0.145. The summed E-state index contributed by atoms with van der Waals surface area (Å²) in [6.07, 6.45) is 1.88. The molecule has 0 radical (unpaired) electrons. The van der Waals surface area contributed by atoms with Crippen LogP contribution in [0.2, 0.25) is 5.02 Å². The molecule has 0 aliphatic rings. The van der Waals surface area contributed by atoms with Gasteiger partial charge in [-0.1, -0.05) is 23.7 Å². The fourth-order valence-electron chi connectivity index (χ4n) is 3.04. The van der Waals surface area contributed by atoms with E-state index in [1.165, 1.54) is 7.11 Å². The monoisotopic (exact) mass is 400 g/mol. The topological polar surface area (TPSA) is 69.6 Å². The highest BCUT2D eigenvalue weighted by atomic mass is 35.5. The fourth-order valence-corrected chi connectivity index (χ4v) is 3.16. The molecule has 1 heterocycles. The van der Waals surface area contributed by atoms with Crippen molar-refractivity contribution in [3.05, 3.63) is 65.3 Å². The number of rotatable bonds is 7. The number of hydrogen-bond acceptors (Lipinski definition) is 4. The van der Waals surface area contributed by atoms with E-state index in [0.717, 1.165) is 22.2 Å². The highest BCUT2D eigenvalue weighted by molar-refractivity contribution is 6.30. The van der Waals surface area contributed by atoms with Crippen LogP contribution in [0.4, 0.5) is 0 Å². The lowest BCUT2D eigenvalue weighted by Gasteiger charge is -2.19. The van der Waals surface area contributed by atoms with Crippen LogP contribution < -0.4 is 10.1 Å². The van der Waals surface area contributed by atoms with Crippen molar-refractivity contribution in [1.29, 1.82) is 0 Å². The number of hydrogen-bond donors (Lipinski definition) is 1. The number of ether oxygens (including phenoxy) is 2. The summed E-state index contributed by atoms with van der Waals surface area (Å²) in [5, 5.41) is 4.48. The van der Waals surface area contributed by atoms with Crippen LogP contribution >= 0.6 is 11.6 Å². The van der Waals surface area contributed by atoms with Crippen LogP contribution in [0.1, 0.15) is 18.0 Å². The maximum Gasteiger partial charge on any atom is 0.307 e. The molecule has 1 N–H and O–H groups in total. The second kappa shape index (κ2) is 8.80. The van der Waals surface area contributed by atoms with E-state index in [1.807, 2.05) is 35.0 Å². The van der Waals surface area contributed by atoms with Gasteiger partial charge in [0.1, 0.15) is 12.3 Å². The predicted molar refractivity (Wildman–Crippen MR) is 107 cm³/mol. The van der Waals surface area contributed by atoms with Crippen molar-refractivity contribution in [2.24, 2.45) is 0 Å². The van der Waals surface area contributed by atoms with Crippen LogP contribution in [-0.4, -0.2) is 30.7 Å². The summed E-state index contributed by atoms with van der Waals surface area (Å²) in [7, 11) is 2.94. The zero-order valence-electron chi connectivity index (χ0n) is 15.6. The van der Waals surface area contributed by atoms with Crippen molar-refractivity contribution < 1.29 is 19.1 Å². The predicted octanol–water partition coefficient (Wildman–Crippen LogP) is 3.72. The first-order chi connectivity index (χ1) is 13.5. The molecule has 0 saturated heterocycles. The number of amides is 1. The Morgan fingerprint density at radius 3 is 2.54 bits per heavy atom. The summed E-state index contributed by atoms with van der Waals surface area (Å²) in [6, 6.07) is 14.1. The van der Waals surface area contributed by atoms with Gasteiger partial charge < -0.3 is 19.4 Å². The molecule has 3 rings (SSSR count). The molecule has 2 aromatic carbocycles. The number of nitrogens with zero attached hydrogens (tertiary/aromatic N) is 1. The van der Waals surface area contributed by atoms with E-state index in [1.54, 1.807) is 31.4 Å². The molecule has 1 unspecified atom stereocenters. The molecule has 146 valence electrons. The minimum atomic E-state index is -0.501. The second-order valence-electron chi connectivity index (χ2n) is 6.32. The lowest BCUT2D eigenvalue weighted by Crippen LogP contribution is -2.33. The van der Waals surface area contributed by atoms with Crippen LogP contribution in [0.3, 0.4) is 0 Å². The molecule has 3 aromatic rings. The van der Waals surface area contributed by atoms with Crippen LogP contribution in [-0.2, 0) is 20.9 Å². The minimum Gasteiger partial charge on any atom is -0.497 e. The van der Waals surface area contributed by atoms with Gasteiger partial charge in [0.15, 0.2) is 0 Å². The zero-order chi connectivity index (χ0) is 20.1. The van der Waals surface area contributed by atoms with E-state index >= 15 is 0 Å². The van der Waals surface area contributed by atoms with Crippen LogP contribution in [0, 0.1) is 0 Å². The van der Waals surface area contributed by atoms with E-state index in [0.29, 0.717) is 5.02 Å². The van der Waals surface area contributed by atoms with Gasteiger partial charge in [-0.3, -0.25) is 9.59 Å².